The quantitative estimate of drug-likeness (QED) is 0.471. The van der Waals surface area contributed by atoms with Crippen LogP contribution in [0.15, 0.2) is 48.5 Å². The summed E-state index contributed by atoms with van der Waals surface area (Å²) in [5.41, 5.74) is 3.07. The van der Waals surface area contributed by atoms with Crippen LogP contribution in [0.1, 0.15) is 64.0 Å². The van der Waals surface area contributed by atoms with E-state index in [2.05, 4.69) is 34.9 Å². The summed E-state index contributed by atoms with van der Waals surface area (Å²) in [6.45, 7) is 7.56. The van der Waals surface area contributed by atoms with Crippen molar-refractivity contribution >= 4 is 18.0 Å². The molecule has 1 aliphatic carbocycles. The SMILES string of the molecule is CCC(C)(CNC(=O)OCC1c2ccccc2-c2ccccc21)C(=O)NC(C)(C)CCC(=O)O. The molecule has 0 saturated carbocycles. The van der Waals surface area contributed by atoms with Gasteiger partial charge in [0, 0.05) is 24.4 Å². The molecule has 2 aromatic rings. The zero-order valence-electron chi connectivity index (χ0n) is 20.3. The topological polar surface area (TPSA) is 105 Å². The van der Waals surface area contributed by atoms with Gasteiger partial charge in [0.15, 0.2) is 0 Å². The van der Waals surface area contributed by atoms with Crippen molar-refractivity contribution < 1.29 is 24.2 Å². The number of carboxylic acid groups (broad SMARTS) is 1. The molecule has 0 radical (unpaired) electrons. The number of carboxylic acids is 1. The lowest BCUT2D eigenvalue weighted by atomic mass is 9.84. The van der Waals surface area contributed by atoms with Crippen LogP contribution < -0.4 is 10.6 Å². The van der Waals surface area contributed by atoms with Crippen LogP contribution in [0.5, 0.6) is 0 Å². The number of carbonyl (C=O) groups excluding carboxylic acids is 2. The molecule has 0 bridgehead atoms. The second-order valence-electron chi connectivity index (χ2n) is 9.83. The molecule has 2 aromatic carbocycles. The number of nitrogens with one attached hydrogen (secondary N) is 2. The normalized spacial score (nSPS) is 14.5. The van der Waals surface area contributed by atoms with Gasteiger partial charge in [-0.2, -0.15) is 0 Å². The van der Waals surface area contributed by atoms with Gasteiger partial charge in [-0.1, -0.05) is 55.5 Å². The highest BCUT2D eigenvalue weighted by atomic mass is 16.5. The first-order valence-electron chi connectivity index (χ1n) is 11.7. The van der Waals surface area contributed by atoms with Crippen LogP contribution in [-0.2, 0) is 14.3 Å². The van der Waals surface area contributed by atoms with Gasteiger partial charge in [-0.3, -0.25) is 9.59 Å². The summed E-state index contributed by atoms with van der Waals surface area (Å²) in [4.78, 5) is 36.4. The van der Waals surface area contributed by atoms with Crippen molar-refractivity contribution in [2.75, 3.05) is 13.2 Å². The summed E-state index contributed by atoms with van der Waals surface area (Å²) >= 11 is 0. The standard InChI is InChI=1S/C27H34N2O5/c1-5-27(4,24(32)29-26(2,3)15-14-23(30)31)17-28-25(33)34-16-22-20-12-8-6-10-18(20)19-11-7-9-13-21(19)22/h6-13,22H,5,14-17H2,1-4H3,(H,28,33)(H,29,32)(H,30,31). The second-order valence-corrected chi connectivity index (χ2v) is 9.83. The van der Waals surface area contributed by atoms with E-state index in [4.69, 9.17) is 9.84 Å². The van der Waals surface area contributed by atoms with Crippen LogP contribution in [0.3, 0.4) is 0 Å². The van der Waals surface area contributed by atoms with E-state index >= 15 is 0 Å². The fourth-order valence-corrected chi connectivity index (χ4v) is 4.22. The molecule has 1 aliphatic rings. The number of fused-ring (bicyclic) bond motifs is 3. The molecule has 1 atom stereocenters. The van der Waals surface area contributed by atoms with E-state index in [0.717, 1.165) is 22.3 Å². The first kappa shape index (κ1) is 25.3. The minimum atomic E-state index is -0.905. The number of ether oxygens (including phenoxy) is 1. The molecule has 0 heterocycles. The molecule has 7 nitrogen and oxygen atoms in total. The number of hydrogen-bond donors (Lipinski definition) is 3. The molecular formula is C27H34N2O5. The Morgan fingerprint density at radius 1 is 0.971 bits per heavy atom. The number of amides is 2. The molecule has 0 fully saturated rings. The largest absolute Gasteiger partial charge is 0.481 e. The van der Waals surface area contributed by atoms with Crippen LogP contribution >= 0.6 is 0 Å². The Bertz CT molecular complexity index is 1020. The van der Waals surface area contributed by atoms with E-state index < -0.39 is 23.0 Å². The highest BCUT2D eigenvalue weighted by Gasteiger charge is 2.35. The van der Waals surface area contributed by atoms with Gasteiger partial charge in [-0.15, -0.1) is 0 Å². The van der Waals surface area contributed by atoms with Gasteiger partial charge in [0.2, 0.25) is 5.91 Å². The lowest BCUT2D eigenvalue weighted by Crippen LogP contribution is -2.53. The number of rotatable bonds is 10. The molecule has 0 aliphatic heterocycles. The van der Waals surface area contributed by atoms with Crippen molar-refractivity contribution in [3.63, 3.8) is 0 Å². The molecule has 0 saturated heterocycles. The lowest BCUT2D eigenvalue weighted by Gasteiger charge is -2.33. The Balaban J connectivity index is 1.57. The third-order valence-electron chi connectivity index (χ3n) is 6.71. The zero-order chi connectivity index (χ0) is 24.9. The first-order valence-corrected chi connectivity index (χ1v) is 11.7. The number of benzene rings is 2. The lowest BCUT2D eigenvalue weighted by molar-refractivity contribution is -0.138. The number of carbonyl (C=O) groups is 3. The minimum Gasteiger partial charge on any atom is -0.481 e. The van der Waals surface area contributed by atoms with Gasteiger partial charge >= 0.3 is 12.1 Å². The average Bonchev–Trinajstić information content (AvgIpc) is 3.13. The maximum Gasteiger partial charge on any atom is 0.407 e. The van der Waals surface area contributed by atoms with Gasteiger partial charge in [0.1, 0.15) is 6.61 Å². The zero-order valence-corrected chi connectivity index (χ0v) is 20.3. The summed E-state index contributed by atoms with van der Waals surface area (Å²) in [5.74, 6) is -1.17. The van der Waals surface area contributed by atoms with Crippen LogP contribution in [0.4, 0.5) is 4.79 Å². The molecule has 34 heavy (non-hydrogen) atoms. The monoisotopic (exact) mass is 466 g/mol. The van der Waals surface area contributed by atoms with Crippen molar-refractivity contribution in [2.24, 2.45) is 5.41 Å². The second kappa shape index (κ2) is 10.3. The molecular weight excluding hydrogens is 432 g/mol. The van der Waals surface area contributed by atoms with E-state index in [-0.39, 0.29) is 31.4 Å². The maximum absolute atomic E-state index is 13.0. The number of aliphatic carboxylic acids is 1. The summed E-state index contributed by atoms with van der Waals surface area (Å²) < 4.78 is 5.58. The Morgan fingerprint density at radius 2 is 1.53 bits per heavy atom. The Labute approximate surface area is 200 Å². The van der Waals surface area contributed by atoms with Crippen LogP contribution in [0.25, 0.3) is 11.1 Å². The first-order chi connectivity index (χ1) is 16.1. The average molecular weight is 467 g/mol. The molecule has 3 N–H and O–H groups in total. The van der Waals surface area contributed by atoms with Gasteiger partial charge in [-0.25, -0.2) is 4.79 Å². The summed E-state index contributed by atoms with van der Waals surface area (Å²) in [5, 5.41) is 14.6. The molecule has 7 heteroatoms. The van der Waals surface area contributed by atoms with Gasteiger partial charge < -0.3 is 20.5 Å². The molecule has 0 aromatic heterocycles. The van der Waals surface area contributed by atoms with Crippen molar-refractivity contribution in [3.05, 3.63) is 59.7 Å². The van der Waals surface area contributed by atoms with Crippen molar-refractivity contribution in [1.29, 1.82) is 0 Å². The minimum absolute atomic E-state index is 0.0333. The predicted molar refractivity (Wildman–Crippen MR) is 131 cm³/mol. The van der Waals surface area contributed by atoms with E-state index in [1.807, 2.05) is 31.2 Å². The van der Waals surface area contributed by atoms with Gasteiger partial charge in [-0.05, 0) is 55.9 Å². The highest BCUT2D eigenvalue weighted by Crippen LogP contribution is 2.44. The molecule has 2 amide bonds. The fourth-order valence-electron chi connectivity index (χ4n) is 4.22. The Morgan fingerprint density at radius 3 is 2.06 bits per heavy atom. The van der Waals surface area contributed by atoms with E-state index in [0.29, 0.717) is 12.8 Å². The predicted octanol–water partition coefficient (Wildman–Crippen LogP) is 4.70. The maximum atomic E-state index is 13.0. The molecule has 3 rings (SSSR count). The van der Waals surface area contributed by atoms with E-state index in [9.17, 15) is 14.4 Å². The van der Waals surface area contributed by atoms with Crippen LogP contribution in [0, 0.1) is 5.41 Å². The number of alkyl carbamates (subject to hydrolysis) is 1. The molecule has 1 unspecified atom stereocenters. The van der Waals surface area contributed by atoms with Gasteiger partial charge in [0.05, 0.1) is 5.41 Å². The Kier molecular flexibility index (Phi) is 7.64. The third kappa shape index (κ3) is 5.76. The molecule has 182 valence electrons. The molecule has 0 spiro atoms. The van der Waals surface area contributed by atoms with Crippen molar-refractivity contribution in [3.8, 4) is 11.1 Å². The summed E-state index contributed by atoms with van der Waals surface area (Å²) in [6, 6.07) is 16.3. The smallest absolute Gasteiger partial charge is 0.407 e. The van der Waals surface area contributed by atoms with E-state index in [1.54, 1.807) is 20.8 Å². The van der Waals surface area contributed by atoms with Crippen molar-refractivity contribution in [2.45, 2.75) is 58.4 Å². The fraction of sp³-hybridized carbons (Fsp3) is 0.444. The van der Waals surface area contributed by atoms with Crippen LogP contribution in [-0.4, -0.2) is 41.8 Å². The van der Waals surface area contributed by atoms with Crippen LogP contribution in [0.2, 0.25) is 0 Å². The number of hydrogen-bond acceptors (Lipinski definition) is 4. The highest BCUT2D eigenvalue weighted by molar-refractivity contribution is 5.84. The van der Waals surface area contributed by atoms with Crippen molar-refractivity contribution in [1.82, 2.24) is 10.6 Å². The third-order valence-corrected chi connectivity index (χ3v) is 6.71. The summed E-state index contributed by atoms with van der Waals surface area (Å²) in [6.07, 6.45) is 0.207. The summed E-state index contributed by atoms with van der Waals surface area (Å²) in [7, 11) is 0. The van der Waals surface area contributed by atoms with Gasteiger partial charge in [0.25, 0.3) is 0 Å². The van der Waals surface area contributed by atoms with E-state index in [1.165, 1.54) is 0 Å². The Hall–Kier alpha value is -3.35.